The van der Waals surface area contributed by atoms with Gasteiger partial charge in [-0.15, -0.1) is 0 Å². The Morgan fingerprint density at radius 3 is 2.89 bits per heavy atom. The Morgan fingerprint density at radius 2 is 2.33 bits per heavy atom. The molecule has 5 nitrogen and oxygen atoms in total. The van der Waals surface area contributed by atoms with Crippen molar-refractivity contribution in [2.24, 2.45) is 5.92 Å². The summed E-state index contributed by atoms with van der Waals surface area (Å²) < 4.78 is 5.02. The molecule has 1 amide bonds. The summed E-state index contributed by atoms with van der Waals surface area (Å²) in [6.07, 6.45) is 2.34. The zero-order valence-corrected chi connectivity index (χ0v) is 11.2. The van der Waals surface area contributed by atoms with Crippen LogP contribution in [0, 0.1) is 19.8 Å². The van der Waals surface area contributed by atoms with Crippen molar-refractivity contribution < 1.29 is 9.32 Å². The third kappa shape index (κ3) is 2.72. The van der Waals surface area contributed by atoms with Gasteiger partial charge in [-0.3, -0.25) is 4.79 Å². The number of carbonyl (C=O) groups is 1. The van der Waals surface area contributed by atoms with Gasteiger partial charge in [0, 0.05) is 6.04 Å². The fraction of sp³-hybridized carbons (Fsp3) is 0.692. The Balaban J connectivity index is 1.98. The second kappa shape index (κ2) is 5.52. The second-order valence-electron chi connectivity index (χ2n) is 5.07. The van der Waals surface area contributed by atoms with Crippen molar-refractivity contribution in [3.05, 3.63) is 17.0 Å². The number of nitrogens with zero attached hydrogens (tertiary/aromatic N) is 1. The van der Waals surface area contributed by atoms with E-state index < -0.39 is 0 Å². The zero-order valence-electron chi connectivity index (χ0n) is 11.2. The standard InChI is InChI=1S/C13H21N3O2/c1-8(11-5-4-6-14-7-11)15-13(17)12-9(2)16-18-10(12)3/h8,11,14H,4-7H2,1-3H3,(H,15,17). The molecule has 0 saturated carbocycles. The van der Waals surface area contributed by atoms with E-state index in [4.69, 9.17) is 4.52 Å². The molecule has 1 aliphatic rings. The third-order valence-electron chi connectivity index (χ3n) is 3.66. The van der Waals surface area contributed by atoms with Gasteiger partial charge in [-0.05, 0) is 52.6 Å². The van der Waals surface area contributed by atoms with Crippen molar-refractivity contribution in [1.82, 2.24) is 15.8 Å². The lowest BCUT2D eigenvalue weighted by Gasteiger charge is -2.28. The SMILES string of the molecule is Cc1noc(C)c1C(=O)NC(C)C1CCCNC1. The minimum Gasteiger partial charge on any atom is -0.361 e. The highest BCUT2D eigenvalue weighted by Crippen LogP contribution is 2.16. The zero-order chi connectivity index (χ0) is 13.1. The molecule has 1 aromatic heterocycles. The average molecular weight is 251 g/mol. The minimum atomic E-state index is -0.0793. The fourth-order valence-corrected chi connectivity index (χ4v) is 2.51. The van der Waals surface area contributed by atoms with Crippen LogP contribution in [0.3, 0.4) is 0 Å². The molecule has 0 aromatic carbocycles. The molecule has 2 unspecified atom stereocenters. The van der Waals surface area contributed by atoms with E-state index in [2.05, 4.69) is 22.7 Å². The van der Waals surface area contributed by atoms with Crippen molar-refractivity contribution in [3.8, 4) is 0 Å². The van der Waals surface area contributed by atoms with E-state index in [-0.39, 0.29) is 11.9 Å². The summed E-state index contributed by atoms with van der Waals surface area (Å²) in [7, 11) is 0. The highest BCUT2D eigenvalue weighted by atomic mass is 16.5. The molecule has 2 N–H and O–H groups in total. The first-order valence-electron chi connectivity index (χ1n) is 6.54. The summed E-state index contributed by atoms with van der Waals surface area (Å²) in [6, 6.07) is 0.166. The maximum Gasteiger partial charge on any atom is 0.257 e. The van der Waals surface area contributed by atoms with E-state index in [0.29, 0.717) is 22.9 Å². The van der Waals surface area contributed by atoms with Crippen LogP contribution in [-0.2, 0) is 0 Å². The van der Waals surface area contributed by atoms with Gasteiger partial charge < -0.3 is 15.2 Å². The van der Waals surface area contributed by atoms with Crippen molar-refractivity contribution >= 4 is 5.91 Å². The van der Waals surface area contributed by atoms with Gasteiger partial charge in [0.05, 0.1) is 5.69 Å². The predicted octanol–water partition coefficient (Wildman–Crippen LogP) is 1.41. The van der Waals surface area contributed by atoms with Gasteiger partial charge in [-0.25, -0.2) is 0 Å². The minimum absolute atomic E-state index is 0.0793. The smallest absolute Gasteiger partial charge is 0.257 e. The summed E-state index contributed by atoms with van der Waals surface area (Å²) in [4.78, 5) is 12.2. The van der Waals surface area contributed by atoms with Crippen LogP contribution in [-0.4, -0.2) is 30.2 Å². The fourth-order valence-electron chi connectivity index (χ4n) is 2.51. The molecule has 2 rings (SSSR count). The number of carbonyl (C=O) groups excluding carboxylic acids is 1. The Kier molecular flexibility index (Phi) is 4.01. The predicted molar refractivity (Wildman–Crippen MR) is 68.5 cm³/mol. The van der Waals surface area contributed by atoms with Crippen molar-refractivity contribution in [1.29, 1.82) is 0 Å². The summed E-state index contributed by atoms with van der Waals surface area (Å²) in [5.41, 5.74) is 1.23. The van der Waals surface area contributed by atoms with E-state index in [0.717, 1.165) is 19.5 Å². The maximum atomic E-state index is 12.2. The van der Waals surface area contributed by atoms with Crippen LogP contribution in [0.4, 0.5) is 0 Å². The molecular formula is C13H21N3O2. The first-order chi connectivity index (χ1) is 8.59. The largest absolute Gasteiger partial charge is 0.361 e. The van der Waals surface area contributed by atoms with Crippen LogP contribution >= 0.6 is 0 Å². The van der Waals surface area contributed by atoms with Gasteiger partial charge in [0.15, 0.2) is 0 Å². The van der Waals surface area contributed by atoms with E-state index >= 15 is 0 Å². The summed E-state index contributed by atoms with van der Waals surface area (Å²) >= 11 is 0. The molecule has 1 saturated heterocycles. The number of piperidine rings is 1. The van der Waals surface area contributed by atoms with Crippen LogP contribution in [0.2, 0.25) is 0 Å². The first kappa shape index (κ1) is 13.1. The van der Waals surface area contributed by atoms with E-state index in [9.17, 15) is 4.79 Å². The molecule has 2 atom stereocenters. The van der Waals surface area contributed by atoms with Gasteiger partial charge in [-0.2, -0.15) is 0 Å². The number of hydrogen-bond donors (Lipinski definition) is 2. The Morgan fingerprint density at radius 1 is 1.56 bits per heavy atom. The molecule has 0 aliphatic carbocycles. The lowest BCUT2D eigenvalue weighted by atomic mass is 9.92. The number of rotatable bonds is 3. The van der Waals surface area contributed by atoms with Crippen LogP contribution in [0.1, 0.15) is 41.6 Å². The monoisotopic (exact) mass is 251 g/mol. The average Bonchev–Trinajstić information content (AvgIpc) is 2.70. The topological polar surface area (TPSA) is 67.2 Å². The molecule has 1 aliphatic heterocycles. The maximum absolute atomic E-state index is 12.2. The van der Waals surface area contributed by atoms with Crippen molar-refractivity contribution in [2.45, 2.75) is 39.7 Å². The highest BCUT2D eigenvalue weighted by Gasteiger charge is 2.24. The number of aryl methyl sites for hydroxylation is 2. The molecular weight excluding hydrogens is 230 g/mol. The normalized spacial score (nSPS) is 21.6. The first-order valence-corrected chi connectivity index (χ1v) is 6.54. The van der Waals surface area contributed by atoms with Gasteiger partial charge >= 0.3 is 0 Å². The van der Waals surface area contributed by atoms with Crippen LogP contribution < -0.4 is 10.6 Å². The van der Waals surface area contributed by atoms with Crippen LogP contribution in [0.15, 0.2) is 4.52 Å². The van der Waals surface area contributed by atoms with Gasteiger partial charge in [-0.1, -0.05) is 5.16 Å². The molecule has 18 heavy (non-hydrogen) atoms. The molecule has 1 fully saturated rings. The molecule has 100 valence electrons. The highest BCUT2D eigenvalue weighted by molar-refractivity contribution is 5.96. The summed E-state index contributed by atoms with van der Waals surface area (Å²) in [5, 5.41) is 10.2. The van der Waals surface area contributed by atoms with Crippen LogP contribution in [0.25, 0.3) is 0 Å². The van der Waals surface area contributed by atoms with Gasteiger partial charge in [0.1, 0.15) is 11.3 Å². The van der Waals surface area contributed by atoms with Crippen LogP contribution in [0.5, 0.6) is 0 Å². The molecule has 2 heterocycles. The lowest BCUT2D eigenvalue weighted by molar-refractivity contribution is 0.0920. The lowest BCUT2D eigenvalue weighted by Crippen LogP contribution is -2.44. The van der Waals surface area contributed by atoms with E-state index in [1.807, 2.05) is 0 Å². The number of nitrogens with one attached hydrogen (secondary N) is 2. The van der Waals surface area contributed by atoms with E-state index in [1.54, 1.807) is 13.8 Å². The van der Waals surface area contributed by atoms with Gasteiger partial charge in [0.25, 0.3) is 5.91 Å². The summed E-state index contributed by atoms with van der Waals surface area (Å²) in [6.45, 7) is 7.68. The molecule has 0 spiro atoms. The van der Waals surface area contributed by atoms with Crippen molar-refractivity contribution in [2.75, 3.05) is 13.1 Å². The van der Waals surface area contributed by atoms with Crippen molar-refractivity contribution in [3.63, 3.8) is 0 Å². The second-order valence-corrected chi connectivity index (χ2v) is 5.07. The Hall–Kier alpha value is -1.36. The molecule has 1 aromatic rings. The molecule has 0 bridgehead atoms. The van der Waals surface area contributed by atoms with Gasteiger partial charge in [0.2, 0.25) is 0 Å². The quantitative estimate of drug-likeness (QED) is 0.852. The number of amides is 1. The van der Waals surface area contributed by atoms with E-state index in [1.165, 1.54) is 6.42 Å². The Labute approximate surface area is 107 Å². The Bertz CT molecular complexity index is 402. The number of aromatic nitrogens is 1. The third-order valence-corrected chi connectivity index (χ3v) is 3.66. The molecule has 5 heteroatoms. The molecule has 0 radical (unpaired) electrons. The summed E-state index contributed by atoms with van der Waals surface area (Å²) in [5.74, 6) is 1.01. The number of hydrogen-bond acceptors (Lipinski definition) is 4.